The summed E-state index contributed by atoms with van der Waals surface area (Å²) in [6, 6.07) is 7.42. The second-order valence-electron chi connectivity index (χ2n) is 7.55. The Kier molecular flexibility index (Phi) is 7.13. The summed E-state index contributed by atoms with van der Waals surface area (Å²) >= 11 is 0. The first-order valence-corrected chi connectivity index (χ1v) is 11.8. The van der Waals surface area contributed by atoms with Crippen molar-refractivity contribution < 1.29 is 8.42 Å². The number of nitrogens with one attached hydrogen (secondary N) is 2. The first-order chi connectivity index (χ1) is 13.5. The van der Waals surface area contributed by atoms with E-state index in [1.54, 1.807) is 12.1 Å². The fraction of sp³-hybridized carbons (Fsp3) is 0.571. The summed E-state index contributed by atoms with van der Waals surface area (Å²) in [5, 5.41) is 11.8. The molecule has 1 heterocycles. The molecule has 0 spiro atoms. The average Bonchev–Trinajstić information content (AvgIpc) is 3.11. The molecule has 1 saturated heterocycles. The standard InChI is InChI=1S/C21H32N4O2S/c1-2-3-14-23-15-13-18-9-11-20(12-10-18)28(26,27)25-17-16-24(21(25)22)19-7-5-4-6-8-19/h2-3,9-12,19,22-23H,4-8,13-17H2,1H3/b3-2+,22-21?. The summed E-state index contributed by atoms with van der Waals surface area (Å²) in [6.07, 6.45) is 10.7. The predicted molar refractivity (Wildman–Crippen MR) is 113 cm³/mol. The first-order valence-electron chi connectivity index (χ1n) is 10.3. The number of nitrogens with zero attached hydrogens (tertiary/aromatic N) is 2. The van der Waals surface area contributed by atoms with Crippen LogP contribution in [0.1, 0.15) is 44.6 Å². The van der Waals surface area contributed by atoms with Crippen LogP contribution in [0.15, 0.2) is 41.3 Å². The molecule has 0 unspecified atom stereocenters. The van der Waals surface area contributed by atoms with Gasteiger partial charge in [0.25, 0.3) is 10.0 Å². The maximum atomic E-state index is 13.1. The number of guanidine groups is 1. The lowest BCUT2D eigenvalue weighted by Gasteiger charge is -2.32. The smallest absolute Gasteiger partial charge is 0.266 e. The maximum Gasteiger partial charge on any atom is 0.266 e. The van der Waals surface area contributed by atoms with Crippen LogP contribution in [0.25, 0.3) is 0 Å². The Morgan fingerprint density at radius 3 is 2.54 bits per heavy atom. The third-order valence-electron chi connectivity index (χ3n) is 5.67. The van der Waals surface area contributed by atoms with Crippen LogP contribution < -0.4 is 5.32 Å². The molecule has 0 bridgehead atoms. The molecule has 0 amide bonds. The van der Waals surface area contributed by atoms with Crippen molar-refractivity contribution in [3.63, 3.8) is 0 Å². The van der Waals surface area contributed by atoms with Crippen molar-refractivity contribution in [3.05, 3.63) is 42.0 Å². The fourth-order valence-corrected chi connectivity index (χ4v) is 5.42. The number of hydrogen-bond donors (Lipinski definition) is 2. The van der Waals surface area contributed by atoms with Crippen molar-refractivity contribution in [1.82, 2.24) is 14.5 Å². The molecule has 154 valence electrons. The average molecular weight is 405 g/mol. The van der Waals surface area contributed by atoms with Gasteiger partial charge in [0.05, 0.1) is 11.4 Å². The van der Waals surface area contributed by atoms with Crippen LogP contribution in [0.3, 0.4) is 0 Å². The highest BCUT2D eigenvalue weighted by molar-refractivity contribution is 7.89. The Bertz CT molecular complexity index is 783. The van der Waals surface area contributed by atoms with Gasteiger partial charge in [0.1, 0.15) is 0 Å². The maximum absolute atomic E-state index is 13.1. The monoisotopic (exact) mass is 404 g/mol. The highest BCUT2D eigenvalue weighted by Crippen LogP contribution is 2.28. The second-order valence-corrected chi connectivity index (χ2v) is 9.42. The molecule has 1 aliphatic heterocycles. The number of allylic oxidation sites excluding steroid dienone is 1. The third kappa shape index (κ3) is 4.75. The lowest BCUT2D eigenvalue weighted by atomic mass is 9.94. The molecular weight excluding hydrogens is 372 g/mol. The molecule has 1 aromatic carbocycles. The van der Waals surface area contributed by atoms with Crippen LogP contribution in [-0.2, 0) is 16.4 Å². The lowest BCUT2D eigenvalue weighted by molar-refractivity contribution is 0.260. The molecule has 3 rings (SSSR count). The van der Waals surface area contributed by atoms with Crippen molar-refractivity contribution in [2.45, 2.75) is 56.4 Å². The number of sulfonamides is 1. The quantitative estimate of drug-likeness (QED) is 0.516. The molecule has 6 nitrogen and oxygen atoms in total. The SMILES string of the molecule is C/C=C/CNCCc1ccc(S(=O)(=O)N2CCN(C3CCCCC3)C2=N)cc1. The summed E-state index contributed by atoms with van der Waals surface area (Å²) in [4.78, 5) is 2.26. The van der Waals surface area contributed by atoms with Gasteiger partial charge >= 0.3 is 0 Å². The Labute approximate surface area is 169 Å². The van der Waals surface area contributed by atoms with Gasteiger partial charge in [-0.3, -0.25) is 5.41 Å². The van der Waals surface area contributed by atoms with Crippen molar-refractivity contribution in [1.29, 1.82) is 5.41 Å². The van der Waals surface area contributed by atoms with Crippen molar-refractivity contribution >= 4 is 16.0 Å². The summed E-state index contributed by atoms with van der Waals surface area (Å²) < 4.78 is 27.4. The van der Waals surface area contributed by atoms with Gasteiger partial charge in [-0.2, -0.15) is 0 Å². The van der Waals surface area contributed by atoms with Gasteiger partial charge in [0.15, 0.2) is 0 Å². The van der Waals surface area contributed by atoms with E-state index in [1.807, 2.05) is 30.0 Å². The number of rotatable bonds is 8. The van der Waals surface area contributed by atoms with E-state index in [0.29, 0.717) is 19.1 Å². The van der Waals surface area contributed by atoms with Crippen LogP contribution in [0.2, 0.25) is 0 Å². The van der Waals surface area contributed by atoms with Gasteiger partial charge in [-0.25, -0.2) is 12.7 Å². The Morgan fingerprint density at radius 2 is 1.86 bits per heavy atom. The molecular formula is C21H32N4O2S. The molecule has 1 saturated carbocycles. The van der Waals surface area contributed by atoms with Gasteiger partial charge in [0.2, 0.25) is 5.96 Å². The van der Waals surface area contributed by atoms with E-state index in [0.717, 1.165) is 37.9 Å². The van der Waals surface area contributed by atoms with E-state index < -0.39 is 10.0 Å². The van der Waals surface area contributed by atoms with Gasteiger partial charge in [0, 0.05) is 19.1 Å². The van der Waals surface area contributed by atoms with Gasteiger partial charge in [-0.1, -0.05) is 43.5 Å². The first kappa shape index (κ1) is 20.9. The number of hydrogen-bond acceptors (Lipinski definition) is 4. The topological polar surface area (TPSA) is 76.5 Å². The molecule has 1 aromatic rings. The molecule has 2 fully saturated rings. The molecule has 1 aliphatic carbocycles. The van der Waals surface area contributed by atoms with E-state index in [-0.39, 0.29) is 10.9 Å². The highest BCUT2D eigenvalue weighted by atomic mass is 32.2. The van der Waals surface area contributed by atoms with Crippen LogP contribution in [-0.4, -0.2) is 55.8 Å². The highest BCUT2D eigenvalue weighted by Gasteiger charge is 2.38. The molecule has 0 radical (unpaired) electrons. The minimum atomic E-state index is -3.67. The summed E-state index contributed by atoms with van der Waals surface area (Å²) in [6.45, 7) is 4.68. The van der Waals surface area contributed by atoms with Crippen molar-refractivity contribution in [3.8, 4) is 0 Å². The van der Waals surface area contributed by atoms with E-state index in [1.165, 1.54) is 23.6 Å². The predicted octanol–water partition coefficient (Wildman–Crippen LogP) is 2.97. The van der Waals surface area contributed by atoms with Crippen molar-refractivity contribution in [2.24, 2.45) is 0 Å². The molecule has 7 heteroatoms. The Hall–Kier alpha value is -1.86. The summed E-state index contributed by atoms with van der Waals surface area (Å²) in [7, 11) is -3.67. The minimum Gasteiger partial charge on any atom is -0.337 e. The minimum absolute atomic E-state index is 0.143. The zero-order valence-corrected chi connectivity index (χ0v) is 17.5. The van der Waals surface area contributed by atoms with E-state index in [9.17, 15) is 8.42 Å². The molecule has 28 heavy (non-hydrogen) atoms. The van der Waals surface area contributed by atoms with Crippen LogP contribution in [0.5, 0.6) is 0 Å². The van der Waals surface area contributed by atoms with Gasteiger partial charge in [-0.15, -0.1) is 0 Å². The molecule has 0 aromatic heterocycles. The Morgan fingerprint density at radius 1 is 1.14 bits per heavy atom. The Balaban J connectivity index is 1.61. The van der Waals surface area contributed by atoms with Crippen LogP contribution in [0.4, 0.5) is 0 Å². The van der Waals surface area contributed by atoms with Crippen LogP contribution in [0, 0.1) is 5.41 Å². The largest absolute Gasteiger partial charge is 0.337 e. The molecule has 2 N–H and O–H groups in total. The zero-order valence-electron chi connectivity index (χ0n) is 16.7. The molecule has 0 atom stereocenters. The van der Waals surface area contributed by atoms with E-state index in [4.69, 9.17) is 5.41 Å². The molecule has 2 aliphatic rings. The summed E-state index contributed by atoms with van der Waals surface area (Å²) in [5.41, 5.74) is 1.10. The normalized spacial score (nSPS) is 19.1. The second kappa shape index (κ2) is 9.56. The third-order valence-corrected chi connectivity index (χ3v) is 7.47. The van der Waals surface area contributed by atoms with E-state index in [2.05, 4.69) is 11.4 Å². The zero-order chi connectivity index (χ0) is 20.0. The van der Waals surface area contributed by atoms with E-state index >= 15 is 0 Å². The van der Waals surface area contributed by atoms with Crippen LogP contribution >= 0.6 is 0 Å². The summed E-state index contributed by atoms with van der Waals surface area (Å²) in [5.74, 6) is 0.143. The fourth-order valence-electron chi connectivity index (χ4n) is 4.03. The van der Waals surface area contributed by atoms with Gasteiger partial charge < -0.3 is 10.2 Å². The lowest BCUT2D eigenvalue weighted by Crippen LogP contribution is -2.42. The van der Waals surface area contributed by atoms with Crippen molar-refractivity contribution in [2.75, 3.05) is 26.2 Å². The number of benzene rings is 1. The van der Waals surface area contributed by atoms with Gasteiger partial charge in [-0.05, 0) is 50.4 Å².